The number of nitrogens with zero attached hydrogens (tertiary/aromatic N) is 3. The van der Waals surface area contributed by atoms with E-state index in [0.29, 0.717) is 22.6 Å². The number of halogens is 1. The summed E-state index contributed by atoms with van der Waals surface area (Å²) < 4.78 is 19.9. The first kappa shape index (κ1) is 16.9. The van der Waals surface area contributed by atoms with Crippen LogP contribution in [0.3, 0.4) is 0 Å². The van der Waals surface area contributed by atoms with Crippen molar-refractivity contribution in [2.75, 3.05) is 4.90 Å². The third kappa shape index (κ3) is 3.29. The topological polar surface area (TPSA) is 88.2 Å². The second kappa shape index (κ2) is 6.64. The Kier molecular flexibility index (Phi) is 4.15. The Labute approximate surface area is 153 Å². The Morgan fingerprint density at radius 2 is 2.07 bits per heavy atom. The molecular formula is C19H15FN4O3. The summed E-state index contributed by atoms with van der Waals surface area (Å²) in [4.78, 5) is 35.8. The van der Waals surface area contributed by atoms with Gasteiger partial charge in [0.1, 0.15) is 6.61 Å². The SMILES string of the molecule is Cc1ccc(COc2cc3c(cc2F)CN(c2c[nH]c(=O)cn2)C3=O)nc1. The number of rotatable bonds is 4. The molecule has 0 bridgehead atoms. The van der Waals surface area contributed by atoms with Crippen LogP contribution in [0.5, 0.6) is 5.75 Å². The van der Waals surface area contributed by atoms with Gasteiger partial charge in [-0.1, -0.05) is 6.07 Å². The lowest BCUT2D eigenvalue weighted by Gasteiger charge is -2.13. The van der Waals surface area contributed by atoms with Crippen LogP contribution in [-0.4, -0.2) is 20.9 Å². The van der Waals surface area contributed by atoms with E-state index < -0.39 is 5.82 Å². The predicted molar refractivity (Wildman–Crippen MR) is 95.1 cm³/mol. The number of carbonyl (C=O) groups is 1. The van der Waals surface area contributed by atoms with E-state index in [9.17, 15) is 14.0 Å². The average Bonchev–Trinajstić information content (AvgIpc) is 2.97. The molecule has 1 N–H and O–H groups in total. The van der Waals surface area contributed by atoms with Crippen LogP contribution in [0.1, 0.15) is 27.2 Å². The number of anilines is 1. The van der Waals surface area contributed by atoms with Crippen LogP contribution >= 0.6 is 0 Å². The standard InChI is InChI=1S/C19H15FN4O3/c1-11-2-3-13(21-6-11)10-27-16-5-14-12(4-15(16)20)9-24(19(14)26)17-7-23-18(25)8-22-17/h2-8H,9-10H2,1H3,(H,23,25). The van der Waals surface area contributed by atoms with Gasteiger partial charge in [0, 0.05) is 18.0 Å². The highest BCUT2D eigenvalue weighted by Crippen LogP contribution is 2.31. The van der Waals surface area contributed by atoms with Gasteiger partial charge in [0.05, 0.1) is 18.4 Å². The fourth-order valence-corrected chi connectivity index (χ4v) is 2.83. The zero-order valence-electron chi connectivity index (χ0n) is 14.4. The van der Waals surface area contributed by atoms with Gasteiger partial charge in [0.25, 0.3) is 11.5 Å². The molecule has 0 fully saturated rings. The number of aryl methyl sites for hydroxylation is 1. The maximum absolute atomic E-state index is 14.4. The molecule has 0 unspecified atom stereocenters. The molecule has 8 heteroatoms. The summed E-state index contributed by atoms with van der Waals surface area (Å²) in [6.07, 6.45) is 4.15. The highest BCUT2D eigenvalue weighted by molar-refractivity contribution is 6.09. The van der Waals surface area contributed by atoms with E-state index in [-0.39, 0.29) is 30.4 Å². The highest BCUT2D eigenvalue weighted by atomic mass is 19.1. The summed E-state index contributed by atoms with van der Waals surface area (Å²) in [7, 11) is 0. The number of H-pyrrole nitrogens is 1. The molecule has 1 amide bonds. The summed E-state index contributed by atoms with van der Waals surface area (Å²) in [5, 5.41) is 0. The van der Waals surface area contributed by atoms with Crippen LogP contribution in [0.2, 0.25) is 0 Å². The minimum atomic E-state index is -0.551. The number of hydrogen-bond acceptors (Lipinski definition) is 5. The molecule has 3 heterocycles. The number of aromatic amines is 1. The Hall–Kier alpha value is -3.55. The smallest absolute Gasteiger partial charge is 0.266 e. The molecule has 3 aromatic rings. The molecule has 0 saturated carbocycles. The molecule has 0 atom stereocenters. The van der Waals surface area contributed by atoms with Crippen molar-refractivity contribution in [3.63, 3.8) is 0 Å². The monoisotopic (exact) mass is 366 g/mol. The van der Waals surface area contributed by atoms with Crippen LogP contribution in [-0.2, 0) is 13.2 Å². The largest absolute Gasteiger partial charge is 0.484 e. The zero-order chi connectivity index (χ0) is 19.0. The van der Waals surface area contributed by atoms with Crippen LogP contribution in [0.15, 0.2) is 47.7 Å². The second-order valence-corrected chi connectivity index (χ2v) is 6.22. The maximum Gasteiger partial charge on any atom is 0.266 e. The van der Waals surface area contributed by atoms with Crippen molar-refractivity contribution in [2.45, 2.75) is 20.1 Å². The summed E-state index contributed by atoms with van der Waals surface area (Å²) in [5.74, 6) is -0.601. The van der Waals surface area contributed by atoms with Crippen molar-refractivity contribution < 1.29 is 13.9 Å². The molecule has 2 aromatic heterocycles. The summed E-state index contributed by atoms with van der Waals surface area (Å²) in [6, 6.07) is 6.38. The normalized spacial score (nSPS) is 13.0. The third-order valence-electron chi connectivity index (χ3n) is 4.24. The van der Waals surface area contributed by atoms with Crippen LogP contribution in [0.4, 0.5) is 10.2 Å². The first-order chi connectivity index (χ1) is 13.0. The van der Waals surface area contributed by atoms with E-state index >= 15 is 0 Å². The third-order valence-corrected chi connectivity index (χ3v) is 4.24. The van der Waals surface area contributed by atoms with E-state index in [2.05, 4.69) is 15.0 Å². The van der Waals surface area contributed by atoms with Gasteiger partial charge in [-0.2, -0.15) is 0 Å². The Morgan fingerprint density at radius 1 is 1.22 bits per heavy atom. The second-order valence-electron chi connectivity index (χ2n) is 6.22. The molecular weight excluding hydrogens is 351 g/mol. The molecule has 1 aliphatic rings. The molecule has 0 saturated heterocycles. The number of fused-ring (bicyclic) bond motifs is 1. The fraction of sp³-hybridized carbons (Fsp3) is 0.158. The number of amides is 1. The lowest BCUT2D eigenvalue weighted by molar-refractivity contribution is 0.0995. The summed E-state index contributed by atoms with van der Waals surface area (Å²) >= 11 is 0. The van der Waals surface area contributed by atoms with Crippen LogP contribution in [0.25, 0.3) is 0 Å². The first-order valence-corrected chi connectivity index (χ1v) is 8.24. The number of nitrogens with one attached hydrogen (secondary N) is 1. The fourth-order valence-electron chi connectivity index (χ4n) is 2.83. The summed E-state index contributed by atoms with van der Waals surface area (Å²) in [5.41, 5.74) is 2.19. The number of ether oxygens (including phenoxy) is 1. The molecule has 1 aliphatic heterocycles. The number of aromatic nitrogens is 3. The number of hydrogen-bond donors (Lipinski definition) is 1. The van der Waals surface area contributed by atoms with Crippen molar-refractivity contribution in [3.8, 4) is 5.75 Å². The summed E-state index contributed by atoms with van der Waals surface area (Å²) in [6.45, 7) is 2.19. The molecule has 0 aliphatic carbocycles. The molecule has 27 heavy (non-hydrogen) atoms. The van der Waals surface area contributed by atoms with Crippen LogP contribution in [0, 0.1) is 12.7 Å². The van der Waals surface area contributed by atoms with Crippen molar-refractivity contribution in [1.29, 1.82) is 0 Å². The molecule has 136 valence electrons. The van der Waals surface area contributed by atoms with Crippen molar-refractivity contribution in [3.05, 3.63) is 81.4 Å². The van der Waals surface area contributed by atoms with E-state index in [4.69, 9.17) is 4.74 Å². The van der Waals surface area contributed by atoms with Gasteiger partial charge in [-0.3, -0.25) is 19.5 Å². The van der Waals surface area contributed by atoms with E-state index in [1.165, 1.54) is 23.2 Å². The number of carbonyl (C=O) groups excluding carboxylic acids is 1. The Balaban J connectivity index is 1.57. The average molecular weight is 366 g/mol. The number of benzene rings is 1. The van der Waals surface area contributed by atoms with E-state index in [1.54, 1.807) is 12.3 Å². The van der Waals surface area contributed by atoms with Gasteiger partial charge in [0.15, 0.2) is 17.4 Å². The Morgan fingerprint density at radius 3 is 2.78 bits per heavy atom. The minimum Gasteiger partial charge on any atom is -0.484 e. The van der Waals surface area contributed by atoms with Gasteiger partial charge in [0.2, 0.25) is 0 Å². The molecule has 0 spiro atoms. The van der Waals surface area contributed by atoms with Gasteiger partial charge in [-0.15, -0.1) is 0 Å². The molecule has 1 aromatic carbocycles. The van der Waals surface area contributed by atoms with Crippen molar-refractivity contribution in [2.24, 2.45) is 0 Å². The van der Waals surface area contributed by atoms with E-state index in [1.807, 2.05) is 13.0 Å². The quantitative estimate of drug-likeness (QED) is 0.766. The van der Waals surface area contributed by atoms with Gasteiger partial charge in [-0.05, 0) is 36.2 Å². The molecule has 4 rings (SSSR count). The van der Waals surface area contributed by atoms with Gasteiger partial charge < -0.3 is 9.72 Å². The van der Waals surface area contributed by atoms with E-state index in [0.717, 1.165) is 11.8 Å². The Bertz CT molecular complexity index is 1060. The number of pyridine rings is 1. The van der Waals surface area contributed by atoms with Crippen molar-refractivity contribution in [1.82, 2.24) is 15.0 Å². The first-order valence-electron chi connectivity index (χ1n) is 8.24. The lowest BCUT2D eigenvalue weighted by atomic mass is 10.1. The maximum atomic E-state index is 14.4. The van der Waals surface area contributed by atoms with Crippen LogP contribution < -0.4 is 15.2 Å². The van der Waals surface area contributed by atoms with Crippen molar-refractivity contribution >= 4 is 11.7 Å². The van der Waals surface area contributed by atoms with Gasteiger partial charge >= 0.3 is 0 Å². The zero-order valence-corrected chi connectivity index (χ0v) is 14.4. The molecule has 0 radical (unpaired) electrons. The highest BCUT2D eigenvalue weighted by Gasteiger charge is 2.31. The predicted octanol–water partition coefficient (Wildman–Crippen LogP) is 2.35. The van der Waals surface area contributed by atoms with Gasteiger partial charge in [-0.25, -0.2) is 9.37 Å². The lowest BCUT2D eigenvalue weighted by Crippen LogP contribution is -2.25. The molecule has 7 nitrogen and oxygen atoms in total. The minimum absolute atomic E-state index is 0.0132.